The lowest BCUT2D eigenvalue weighted by Crippen LogP contribution is -2.01. The first-order valence-electron chi connectivity index (χ1n) is 6.19. The van der Waals surface area contributed by atoms with Crippen molar-refractivity contribution in [2.75, 3.05) is 5.73 Å². The van der Waals surface area contributed by atoms with Crippen LogP contribution in [0.1, 0.15) is 22.3 Å². The van der Waals surface area contributed by atoms with Crippen molar-refractivity contribution in [3.05, 3.63) is 58.4 Å². The molecule has 102 valence electrons. The number of aryl methyl sites for hydroxylation is 2. The van der Waals surface area contributed by atoms with E-state index in [0.717, 1.165) is 16.9 Å². The number of nitrogens with two attached hydrogens (primary N) is 1. The molecule has 4 heteroatoms. The van der Waals surface area contributed by atoms with E-state index >= 15 is 0 Å². The van der Waals surface area contributed by atoms with Crippen molar-refractivity contribution < 1.29 is 9.13 Å². The smallest absolute Gasteiger partial charge is 0.146 e. The molecular weight excluding hydrogens is 255 g/mol. The Morgan fingerprint density at radius 3 is 2.40 bits per heavy atom. The molecule has 0 saturated carbocycles. The van der Waals surface area contributed by atoms with Gasteiger partial charge in [-0.3, -0.25) is 0 Å². The third-order valence-corrected chi connectivity index (χ3v) is 3.04. The second-order valence-electron chi connectivity index (χ2n) is 4.70. The van der Waals surface area contributed by atoms with Crippen LogP contribution in [-0.4, -0.2) is 0 Å². The fraction of sp³-hybridized carbons (Fsp3) is 0.188. The molecule has 2 aromatic rings. The number of nitrogens with zero attached hydrogens (tertiary/aromatic N) is 1. The highest BCUT2D eigenvalue weighted by Crippen LogP contribution is 2.25. The molecule has 0 amide bonds. The number of halogens is 1. The van der Waals surface area contributed by atoms with Crippen molar-refractivity contribution in [3.8, 4) is 11.8 Å². The van der Waals surface area contributed by atoms with Crippen LogP contribution in [0.2, 0.25) is 0 Å². The van der Waals surface area contributed by atoms with E-state index in [4.69, 9.17) is 15.7 Å². The maximum Gasteiger partial charge on any atom is 0.146 e. The maximum atomic E-state index is 13.3. The molecule has 2 rings (SSSR count). The number of ether oxygens (including phenoxy) is 1. The van der Waals surface area contributed by atoms with Gasteiger partial charge in [-0.1, -0.05) is 6.07 Å². The van der Waals surface area contributed by atoms with Crippen LogP contribution in [0.4, 0.5) is 10.1 Å². The fourth-order valence-corrected chi connectivity index (χ4v) is 2.06. The zero-order valence-corrected chi connectivity index (χ0v) is 11.4. The molecule has 0 aromatic heterocycles. The Bertz CT molecular complexity index is 666. The summed E-state index contributed by atoms with van der Waals surface area (Å²) in [6.07, 6.45) is 0. The van der Waals surface area contributed by atoms with Crippen molar-refractivity contribution in [1.29, 1.82) is 5.26 Å². The van der Waals surface area contributed by atoms with E-state index in [9.17, 15) is 4.39 Å². The van der Waals surface area contributed by atoms with Gasteiger partial charge in [-0.05, 0) is 54.8 Å². The van der Waals surface area contributed by atoms with Gasteiger partial charge in [0.15, 0.2) is 0 Å². The van der Waals surface area contributed by atoms with E-state index in [1.807, 2.05) is 13.8 Å². The number of nitrogen functional groups attached to an aromatic ring is 1. The second-order valence-corrected chi connectivity index (χ2v) is 4.70. The summed E-state index contributed by atoms with van der Waals surface area (Å²) < 4.78 is 19.1. The Hall–Kier alpha value is -2.54. The SMILES string of the molecule is Cc1cc(C#N)cc(C)c1OCc1ccc(N)c(F)c1. The Balaban J connectivity index is 2.19. The number of hydrogen-bond acceptors (Lipinski definition) is 3. The summed E-state index contributed by atoms with van der Waals surface area (Å²) in [6.45, 7) is 4.02. The Labute approximate surface area is 117 Å². The number of nitriles is 1. The van der Waals surface area contributed by atoms with E-state index in [0.29, 0.717) is 11.1 Å². The van der Waals surface area contributed by atoms with Gasteiger partial charge in [0.25, 0.3) is 0 Å². The average Bonchev–Trinajstić information content (AvgIpc) is 2.41. The van der Waals surface area contributed by atoms with Crippen molar-refractivity contribution >= 4 is 5.69 Å². The molecule has 2 aromatic carbocycles. The lowest BCUT2D eigenvalue weighted by atomic mass is 10.1. The molecule has 3 nitrogen and oxygen atoms in total. The molecule has 0 spiro atoms. The third-order valence-electron chi connectivity index (χ3n) is 3.04. The largest absolute Gasteiger partial charge is 0.488 e. The van der Waals surface area contributed by atoms with Gasteiger partial charge in [-0.2, -0.15) is 5.26 Å². The molecule has 0 fully saturated rings. The summed E-state index contributed by atoms with van der Waals surface area (Å²) in [5.74, 6) is 0.278. The van der Waals surface area contributed by atoms with Gasteiger partial charge in [0, 0.05) is 0 Å². The minimum Gasteiger partial charge on any atom is -0.488 e. The summed E-state index contributed by atoms with van der Waals surface area (Å²) in [6, 6.07) is 10.3. The topological polar surface area (TPSA) is 59.0 Å². The molecule has 0 bridgehead atoms. The predicted molar refractivity (Wildman–Crippen MR) is 75.8 cm³/mol. The molecule has 0 unspecified atom stereocenters. The molecule has 0 radical (unpaired) electrons. The molecule has 0 aliphatic rings. The normalized spacial score (nSPS) is 10.1. The molecule has 0 atom stereocenters. The molecule has 2 N–H and O–H groups in total. The van der Waals surface area contributed by atoms with Gasteiger partial charge in [-0.25, -0.2) is 4.39 Å². The van der Waals surface area contributed by atoms with E-state index in [1.165, 1.54) is 12.1 Å². The van der Waals surface area contributed by atoms with E-state index in [-0.39, 0.29) is 12.3 Å². The molecule has 20 heavy (non-hydrogen) atoms. The molecular formula is C16H15FN2O. The Morgan fingerprint density at radius 1 is 1.20 bits per heavy atom. The van der Waals surface area contributed by atoms with Crippen molar-refractivity contribution in [1.82, 2.24) is 0 Å². The van der Waals surface area contributed by atoms with Crippen LogP contribution in [0.5, 0.6) is 5.75 Å². The van der Waals surface area contributed by atoms with Crippen LogP contribution in [0.25, 0.3) is 0 Å². The van der Waals surface area contributed by atoms with Crippen molar-refractivity contribution in [2.45, 2.75) is 20.5 Å². The number of anilines is 1. The summed E-state index contributed by atoms with van der Waals surface area (Å²) in [5.41, 5.74) is 8.64. The molecule has 0 aliphatic heterocycles. The zero-order chi connectivity index (χ0) is 14.7. The van der Waals surface area contributed by atoms with Gasteiger partial charge in [0.05, 0.1) is 17.3 Å². The van der Waals surface area contributed by atoms with Gasteiger partial charge in [-0.15, -0.1) is 0 Å². The van der Waals surface area contributed by atoms with E-state index in [2.05, 4.69) is 6.07 Å². The Morgan fingerprint density at radius 2 is 1.85 bits per heavy atom. The number of rotatable bonds is 3. The lowest BCUT2D eigenvalue weighted by molar-refractivity contribution is 0.301. The quantitative estimate of drug-likeness (QED) is 0.869. The van der Waals surface area contributed by atoms with Gasteiger partial charge >= 0.3 is 0 Å². The van der Waals surface area contributed by atoms with Crippen LogP contribution in [0, 0.1) is 31.0 Å². The molecule has 0 heterocycles. The number of benzene rings is 2. The van der Waals surface area contributed by atoms with Crippen LogP contribution >= 0.6 is 0 Å². The van der Waals surface area contributed by atoms with Gasteiger partial charge < -0.3 is 10.5 Å². The van der Waals surface area contributed by atoms with Crippen LogP contribution in [0.3, 0.4) is 0 Å². The van der Waals surface area contributed by atoms with Crippen LogP contribution in [-0.2, 0) is 6.61 Å². The first-order chi connectivity index (χ1) is 9.51. The highest BCUT2D eigenvalue weighted by atomic mass is 19.1. The van der Waals surface area contributed by atoms with Crippen molar-refractivity contribution in [3.63, 3.8) is 0 Å². The Kier molecular flexibility index (Phi) is 3.90. The number of hydrogen-bond donors (Lipinski definition) is 1. The van der Waals surface area contributed by atoms with Crippen molar-refractivity contribution in [2.24, 2.45) is 0 Å². The van der Waals surface area contributed by atoms with Gasteiger partial charge in [0.1, 0.15) is 18.2 Å². The second kappa shape index (κ2) is 5.62. The first kappa shape index (κ1) is 13.9. The zero-order valence-electron chi connectivity index (χ0n) is 11.4. The standard InChI is InChI=1S/C16H15FN2O/c1-10-5-13(8-18)6-11(2)16(10)20-9-12-3-4-15(19)14(17)7-12/h3-7H,9,19H2,1-2H3. The predicted octanol–water partition coefficient (Wildman–Crippen LogP) is 3.48. The summed E-state index contributed by atoms with van der Waals surface area (Å²) >= 11 is 0. The summed E-state index contributed by atoms with van der Waals surface area (Å²) in [5, 5.41) is 8.90. The maximum absolute atomic E-state index is 13.3. The minimum absolute atomic E-state index is 0.125. The third kappa shape index (κ3) is 2.89. The van der Waals surface area contributed by atoms with E-state index < -0.39 is 5.82 Å². The highest BCUT2D eigenvalue weighted by molar-refractivity contribution is 5.47. The first-order valence-corrected chi connectivity index (χ1v) is 6.19. The highest BCUT2D eigenvalue weighted by Gasteiger charge is 2.07. The molecule has 0 aliphatic carbocycles. The summed E-state index contributed by atoms with van der Waals surface area (Å²) in [4.78, 5) is 0. The fourth-order valence-electron chi connectivity index (χ4n) is 2.06. The minimum atomic E-state index is -0.445. The monoisotopic (exact) mass is 270 g/mol. The molecule has 0 saturated heterocycles. The average molecular weight is 270 g/mol. The lowest BCUT2D eigenvalue weighted by Gasteiger charge is -2.13. The van der Waals surface area contributed by atoms with Crippen LogP contribution < -0.4 is 10.5 Å². The summed E-state index contributed by atoms with van der Waals surface area (Å²) in [7, 11) is 0. The van der Waals surface area contributed by atoms with E-state index in [1.54, 1.807) is 18.2 Å². The van der Waals surface area contributed by atoms with Gasteiger partial charge in [0.2, 0.25) is 0 Å². The van der Waals surface area contributed by atoms with Crippen LogP contribution in [0.15, 0.2) is 30.3 Å².